The highest BCUT2D eigenvalue weighted by molar-refractivity contribution is 6.35. The smallest absolute Gasteiger partial charge is 0.410 e. The van der Waals surface area contributed by atoms with Crippen LogP contribution in [-0.4, -0.2) is 40.4 Å². The molecule has 1 aromatic heterocycles. The molecule has 2 aliphatic rings. The van der Waals surface area contributed by atoms with Gasteiger partial charge in [0.15, 0.2) is 0 Å². The van der Waals surface area contributed by atoms with Crippen molar-refractivity contribution in [2.45, 2.75) is 51.9 Å². The van der Waals surface area contributed by atoms with Crippen molar-refractivity contribution in [3.8, 4) is 5.75 Å². The summed E-state index contributed by atoms with van der Waals surface area (Å²) >= 11 is 6.10. The average molecular weight is 441 g/mol. The van der Waals surface area contributed by atoms with E-state index >= 15 is 0 Å². The summed E-state index contributed by atoms with van der Waals surface area (Å²) in [4.78, 5) is 26.2. The molecule has 1 aliphatic heterocycles. The van der Waals surface area contributed by atoms with Gasteiger partial charge in [0.05, 0.1) is 10.4 Å². The molecule has 1 saturated carbocycles. The van der Waals surface area contributed by atoms with Crippen molar-refractivity contribution in [2.75, 3.05) is 13.1 Å². The van der Waals surface area contributed by atoms with E-state index in [2.05, 4.69) is 0 Å². The molecule has 2 fully saturated rings. The maximum atomic E-state index is 13.0. The lowest BCUT2D eigenvalue weighted by Crippen LogP contribution is -2.66. The molecule has 1 aromatic carbocycles. The lowest BCUT2D eigenvalue weighted by Gasteiger charge is -2.58. The molecule has 162 valence electrons. The van der Waals surface area contributed by atoms with Crippen LogP contribution in [0.5, 0.6) is 5.75 Å². The van der Waals surface area contributed by atoms with E-state index < -0.39 is 17.7 Å². The van der Waals surface area contributed by atoms with Gasteiger partial charge in [-0.15, -0.1) is 0 Å². The second-order valence-electron chi connectivity index (χ2n) is 9.12. The molecule has 0 atom stereocenters. The Morgan fingerprint density at radius 1 is 1.23 bits per heavy atom. The minimum atomic E-state index is -2.94. The van der Waals surface area contributed by atoms with E-state index in [9.17, 15) is 18.4 Å². The first-order chi connectivity index (χ1) is 14.0. The van der Waals surface area contributed by atoms with E-state index in [-0.39, 0.29) is 28.0 Å². The van der Waals surface area contributed by atoms with Gasteiger partial charge in [-0.3, -0.25) is 9.36 Å². The molecule has 1 spiro atoms. The molecule has 2 aromatic rings. The van der Waals surface area contributed by atoms with Crippen molar-refractivity contribution in [3.63, 3.8) is 0 Å². The minimum absolute atomic E-state index is 0.0192. The number of hydrogen-bond donors (Lipinski definition) is 0. The number of likely N-dealkylation sites (tertiary alicyclic amines) is 1. The normalized spacial score (nSPS) is 18.4. The Labute approximate surface area is 177 Å². The number of hydrogen-bond acceptors (Lipinski definition) is 4. The first-order valence-corrected chi connectivity index (χ1v) is 10.1. The van der Waals surface area contributed by atoms with E-state index in [1.165, 1.54) is 12.1 Å². The van der Waals surface area contributed by atoms with E-state index in [4.69, 9.17) is 21.1 Å². The van der Waals surface area contributed by atoms with Crippen LogP contribution in [0.15, 0.2) is 29.2 Å². The highest BCUT2D eigenvalue weighted by Crippen LogP contribution is 2.50. The SMILES string of the molecule is CC(C)(C)OC(=O)N1CC2(CC(Oc3ccc(Cl)c4c(=O)n(C(F)F)ccc34)C2)C1. The molecule has 0 N–H and O–H groups in total. The molecule has 1 saturated heterocycles. The van der Waals surface area contributed by atoms with Crippen molar-refractivity contribution < 1.29 is 23.0 Å². The summed E-state index contributed by atoms with van der Waals surface area (Å²) in [5.74, 6) is 0.441. The van der Waals surface area contributed by atoms with Gasteiger partial charge in [0.2, 0.25) is 0 Å². The summed E-state index contributed by atoms with van der Waals surface area (Å²) < 4.78 is 37.8. The van der Waals surface area contributed by atoms with E-state index in [0.717, 1.165) is 19.0 Å². The molecule has 0 unspecified atom stereocenters. The van der Waals surface area contributed by atoms with Crippen molar-refractivity contribution in [3.05, 3.63) is 39.8 Å². The molecule has 0 bridgehead atoms. The maximum Gasteiger partial charge on any atom is 0.410 e. The maximum absolute atomic E-state index is 13.0. The summed E-state index contributed by atoms with van der Waals surface area (Å²) in [5.41, 5.74) is -1.34. The highest BCUT2D eigenvalue weighted by Gasteiger charge is 2.55. The topological polar surface area (TPSA) is 60.8 Å². The Kier molecular flexibility index (Phi) is 4.96. The Morgan fingerprint density at radius 2 is 1.90 bits per heavy atom. The Balaban J connectivity index is 1.43. The molecule has 2 heterocycles. The van der Waals surface area contributed by atoms with Gasteiger partial charge >= 0.3 is 12.6 Å². The lowest BCUT2D eigenvalue weighted by atomic mass is 9.62. The van der Waals surface area contributed by atoms with Gasteiger partial charge in [-0.05, 0) is 51.8 Å². The highest BCUT2D eigenvalue weighted by atomic mass is 35.5. The van der Waals surface area contributed by atoms with Crippen LogP contribution in [-0.2, 0) is 4.74 Å². The number of rotatable bonds is 3. The first-order valence-electron chi connectivity index (χ1n) is 9.74. The van der Waals surface area contributed by atoms with Gasteiger partial charge in [-0.25, -0.2) is 4.79 Å². The molecule has 1 aliphatic carbocycles. The zero-order valence-electron chi connectivity index (χ0n) is 17.0. The number of ether oxygens (including phenoxy) is 2. The fraction of sp³-hybridized carbons (Fsp3) is 0.524. The summed E-state index contributed by atoms with van der Waals surface area (Å²) in [6.45, 7) is 3.81. The molecule has 6 nitrogen and oxygen atoms in total. The van der Waals surface area contributed by atoms with Gasteiger partial charge in [0.25, 0.3) is 5.56 Å². The Hall–Kier alpha value is -2.35. The van der Waals surface area contributed by atoms with E-state index in [1.807, 2.05) is 20.8 Å². The number of amides is 1. The van der Waals surface area contributed by atoms with Crippen LogP contribution in [0.25, 0.3) is 10.8 Å². The molecule has 4 rings (SSSR count). The third-order valence-electron chi connectivity index (χ3n) is 5.53. The van der Waals surface area contributed by atoms with Crippen molar-refractivity contribution >= 4 is 28.5 Å². The monoisotopic (exact) mass is 440 g/mol. The predicted molar refractivity (Wildman–Crippen MR) is 108 cm³/mol. The molecular weight excluding hydrogens is 418 g/mol. The molecule has 1 amide bonds. The predicted octanol–water partition coefficient (Wildman–Crippen LogP) is 4.83. The van der Waals surface area contributed by atoms with E-state index in [1.54, 1.807) is 11.0 Å². The van der Waals surface area contributed by atoms with Gasteiger partial charge in [0, 0.05) is 30.1 Å². The third-order valence-corrected chi connectivity index (χ3v) is 5.85. The van der Waals surface area contributed by atoms with Crippen LogP contribution in [0, 0.1) is 5.41 Å². The second-order valence-corrected chi connectivity index (χ2v) is 9.53. The van der Waals surface area contributed by atoms with Crippen LogP contribution < -0.4 is 10.3 Å². The number of aromatic nitrogens is 1. The van der Waals surface area contributed by atoms with Crippen molar-refractivity contribution in [1.29, 1.82) is 0 Å². The molecular formula is C21H23ClF2N2O4. The van der Waals surface area contributed by atoms with Gasteiger partial charge in [-0.1, -0.05) is 11.6 Å². The summed E-state index contributed by atoms with van der Waals surface area (Å²) in [7, 11) is 0. The van der Waals surface area contributed by atoms with Gasteiger partial charge in [0.1, 0.15) is 17.5 Å². The summed E-state index contributed by atoms with van der Waals surface area (Å²) in [6.07, 6.45) is 2.20. The van der Waals surface area contributed by atoms with Crippen molar-refractivity contribution in [1.82, 2.24) is 9.47 Å². The number of alkyl halides is 2. The number of fused-ring (bicyclic) bond motifs is 1. The number of pyridine rings is 1. The zero-order chi connectivity index (χ0) is 21.8. The fourth-order valence-electron chi connectivity index (χ4n) is 4.21. The second kappa shape index (κ2) is 7.11. The quantitative estimate of drug-likeness (QED) is 0.686. The third kappa shape index (κ3) is 3.73. The number of carbonyl (C=O) groups excluding carboxylic acids is 1. The number of halogens is 3. The van der Waals surface area contributed by atoms with Crippen LogP contribution in [0.2, 0.25) is 5.02 Å². The van der Waals surface area contributed by atoms with Gasteiger partial charge in [-0.2, -0.15) is 8.78 Å². The summed E-state index contributed by atoms with van der Waals surface area (Å²) in [5, 5.41) is 0.537. The van der Waals surface area contributed by atoms with Crippen LogP contribution in [0.3, 0.4) is 0 Å². The van der Waals surface area contributed by atoms with Gasteiger partial charge < -0.3 is 14.4 Å². The molecule has 30 heavy (non-hydrogen) atoms. The zero-order valence-corrected chi connectivity index (χ0v) is 17.7. The Morgan fingerprint density at radius 3 is 2.50 bits per heavy atom. The number of nitrogens with zero attached hydrogens (tertiary/aromatic N) is 2. The molecule has 0 radical (unpaired) electrons. The average Bonchev–Trinajstić information content (AvgIpc) is 2.55. The first kappa shape index (κ1) is 20.9. The standard InChI is InChI=1S/C21H23ClF2N2O4/c1-20(2,3)30-19(28)25-10-21(11-25)8-12(9-21)29-15-5-4-14(22)16-13(15)6-7-26(17(16)27)18(23)24/h4-7,12,18H,8-11H2,1-3H3. The number of benzene rings is 1. The Bertz CT molecular complexity index is 1050. The largest absolute Gasteiger partial charge is 0.490 e. The fourth-order valence-corrected chi connectivity index (χ4v) is 4.46. The number of carbonyl (C=O) groups is 1. The minimum Gasteiger partial charge on any atom is -0.490 e. The molecule has 9 heteroatoms. The van der Waals surface area contributed by atoms with Crippen LogP contribution >= 0.6 is 11.6 Å². The van der Waals surface area contributed by atoms with Crippen molar-refractivity contribution in [2.24, 2.45) is 5.41 Å². The lowest BCUT2D eigenvalue weighted by molar-refractivity contribution is -0.116. The van der Waals surface area contributed by atoms with Crippen LogP contribution in [0.1, 0.15) is 40.2 Å². The van der Waals surface area contributed by atoms with E-state index in [0.29, 0.717) is 28.8 Å². The summed E-state index contributed by atoms with van der Waals surface area (Å²) in [6, 6.07) is 4.56. The van der Waals surface area contributed by atoms with Crippen LogP contribution in [0.4, 0.5) is 13.6 Å².